The summed E-state index contributed by atoms with van der Waals surface area (Å²) in [4.78, 5) is 15.1. The first-order valence-corrected chi connectivity index (χ1v) is 9.23. The molecule has 0 aliphatic carbocycles. The van der Waals surface area contributed by atoms with Crippen molar-refractivity contribution in [2.24, 2.45) is 5.92 Å². The molecule has 6 heteroatoms. The quantitative estimate of drug-likeness (QED) is 0.758. The van der Waals surface area contributed by atoms with Crippen molar-refractivity contribution in [1.82, 2.24) is 14.7 Å². The fraction of sp³-hybridized carbons (Fsp3) is 0.789. The van der Waals surface area contributed by atoms with E-state index >= 15 is 0 Å². The number of amides is 1. The molecule has 1 saturated heterocycles. The van der Waals surface area contributed by atoms with Crippen LogP contribution in [0.25, 0.3) is 0 Å². The number of ether oxygens (including phenoxy) is 2. The van der Waals surface area contributed by atoms with Crippen molar-refractivity contribution in [2.75, 3.05) is 26.9 Å². The maximum Gasteiger partial charge on any atom is 0.226 e. The van der Waals surface area contributed by atoms with Gasteiger partial charge in [0.2, 0.25) is 5.91 Å². The minimum Gasteiger partial charge on any atom is -0.383 e. The second-order valence-electron chi connectivity index (χ2n) is 7.52. The molecule has 1 amide bonds. The van der Waals surface area contributed by atoms with Crippen LogP contribution in [0.3, 0.4) is 0 Å². The summed E-state index contributed by atoms with van der Waals surface area (Å²) in [6.07, 6.45) is 1.55. The van der Waals surface area contributed by atoms with Gasteiger partial charge < -0.3 is 14.4 Å². The third kappa shape index (κ3) is 4.82. The van der Waals surface area contributed by atoms with Gasteiger partial charge in [-0.25, -0.2) is 0 Å². The van der Waals surface area contributed by atoms with Crippen molar-refractivity contribution in [2.45, 2.75) is 66.2 Å². The highest BCUT2D eigenvalue weighted by Crippen LogP contribution is 2.30. The largest absolute Gasteiger partial charge is 0.383 e. The molecule has 0 aromatic carbocycles. The molecule has 0 spiro atoms. The molecule has 1 unspecified atom stereocenters. The van der Waals surface area contributed by atoms with Crippen molar-refractivity contribution in [1.29, 1.82) is 0 Å². The number of aromatic nitrogens is 2. The molecule has 1 aliphatic heterocycles. The molecule has 1 fully saturated rings. The lowest BCUT2D eigenvalue weighted by molar-refractivity contribution is -0.146. The highest BCUT2D eigenvalue weighted by atomic mass is 16.5. The van der Waals surface area contributed by atoms with E-state index in [0.29, 0.717) is 26.3 Å². The van der Waals surface area contributed by atoms with Crippen molar-refractivity contribution < 1.29 is 14.3 Å². The molecule has 0 radical (unpaired) electrons. The maximum absolute atomic E-state index is 13.2. The third-order valence-corrected chi connectivity index (χ3v) is 5.10. The van der Waals surface area contributed by atoms with Crippen molar-refractivity contribution in [3.05, 3.63) is 17.0 Å². The molecule has 2 heterocycles. The number of methoxy groups -OCH3 is 1. The summed E-state index contributed by atoms with van der Waals surface area (Å²) >= 11 is 0. The predicted octanol–water partition coefficient (Wildman–Crippen LogP) is 2.70. The molecule has 2 rings (SSSR count). The maximum atomic E-state index is 13.2. The summed E-state index contributed by atoms with van der Waals surface area (Å²) in [6, 6.07) is 0. The van der Waals surface area contributed by atoms with Crippen LogP contribution in [0.1, 0.15) is 50.6 Å². The van der Waals surface area contributed by atoms with Crippen LogP contribution < -0.4 is 0 Å². The number of hydrogen-bond acceptors (Lipinski definition) is 4. The fourth-order valence-corrected chi connectivity index (χ4v) is 3.63. The highest BCUT2D eigenvalue weighted by Gasteiger charge is 2.35. The molecule has 25 heavy (non-hydrogen) atoms. The number of rotatable bonds is 7. The minimum absolute atomic E-state index is 0.0161. The standard InChI is InChI=1S/C19H33N3O3/c1-7-22-15(3)17(14(2)20-22)13-21(9-11-24-6)18(23)16-8-10-25-19(4,5)12-16/h16H,7-13H2,1-6H3. The fourth-order valence-electron chi connectivity index (χ4n) is 3.63. The monoisotopic (exact) mass is 351 g/mol. The van der Waals surface area contributed by atoms with Crippen LogP contribution in [-0.4, -0.2) is 53.1 Å². The Morgan fingerprint density at radius 1 is 1.44 bits per heavy atom. The second kappa shape index (κ2) is 8.32. The van der Waals surface area contributed by atoms with Gasteiger partial charge in [0.05, 0.1) is 17.9 Å². The van der Waals surface area contributed by atoms with Crippen LogP contribution in [0.15, 0.2) is 0 Å². The average Bonchev–Trinajstić information content (AvgIpc) is 2.84. The van der Waals surface area contributed by atoms with Gasteiger partial charge in [-0.05, 0) is 47.5 Å². The van der Waals surface area contributed by atoms with Gasteiger partial charge >= 0.3 is 0 Å². The molecule has 0 saturated carbocycles. The van der Waals surface area contributed by atoms with E-state index in [9.17, 15) is 4.79 Å². The van der Waals surface area contributed by atoms with Gasteiger partial charge in [0, 0.05) is 50.5 Å². The lowest BCUT2D eigenvalue weighted by atomic mass is 9.87. The predicted molar refractivity (Wildman–Crippen MR) is 97.4 cm³/mol. The Hall–Kier alpha value is -1.40. The zero-order valence-corrected chi connectivity index (χ0v) is 16.6. The van der Waals surface area contributed by atoms with Gasteiger partial charge in [0.1, 0.15) is 0 Å². The smallest absolute Gasteiger partial charge is 0.226 e. The molecule has 0 N–H and O–H groups in total. The number of hydrogen-bond donors (Lipinski definition) is 0. The molecule has 1 aromatic heterocycles. The summed E-state index contributed by atoms with van der Waals surface area (Å²) in [7, 11) is 1.67. The Morgan fingerprint density at radius 2 is 2.16 bits per heavy atom. The van der Waals surface area contributed by atoms with Gasteiger partial charge in [-0.1, -0.05) is 0 Å². The third-order valence-electron chi connectivity index (χ3n) is 5.10. The summed E-state index contributed by atoms with van der Waals surface area (Å²) < 4.78 is 13.0. The Labute approximate surface area is 151 Å². The van der Waals surface area contributed by atoms with E-state index in [1.54, 1.807) is 7.11 Å². The van der Waals surface area contributed by atoms with Crippen LogP contribution in [-0.2, 0) is 27.4 Å². The SMILES string of the molecule is CCn1nc(C)c(CN(CCOC)C(=O)C2CCOC(C)(C)C2)c1C. The number of carbonyl (C=O) groups excluding carboxylic acids is 1. The van der Waals surface area contributed by atoms with Crippen LogP contribution in [0.2, 0.25) is 0 Å². The van der Waals surface area contributed by atoms with E-state index in [1.165, 1.54) is 0 Å². The van der Waals surface area contributed by atoms with E-state index in [0.717, 1.165) is 36.3 Å². The lowest BCUT2D eigenvalue weighted by Crippen LogP contribution is -2.44. The zero-order chi connectivity index (χ0) is 18.6. The number of aryl methyl sites for hydroxylation is 2. The van der Waals surface area contributed by atoms with Gasteiger partial charge in [0.25, 0.3) is 0 Å². The molecular weight excluding hydrogens is 318 g/mol. The number of carbonyl (C=O) groups is 1. The molecule has 142 valence electrons. The molecule has 0 bridgehead atoms. The zero-order valence-electron chi connectivity index (χ0n) is 16.6. The Bertz CT molecular complexity index is 595. The van der Waals surface area contributed by atoms with Crippen LogP contribution in [0, 0.1) is 19.8 Å². The van der Waals surface area contributed by atoms with E-state index in [4.69, 9.17) is 9.47 Å². The van der Waals surface area contributed by atoms with Crippen LogP contribution in [0.4, 0.5) is 0 Å². The highest BCUT2D eigenvalue weighted by molar-refractivity contribution is 5.79. The summed E-state index contributed by atoms with van der Waals surface area (Å²) in [6.45, 7) is 13.5. The first kappa shape index (κ1) is 19.9. The van der Waals surface area contributed by atoms with Gasteiger partial charge in [-0.2, -0.15) is 5.10 Å². The van der Waals surface area contributed by atoms with Gasteiger partial charge in [0.15, 0.2) is 0 Å². The van der Waals surface area contributed by atoms with E-state index in [1.807, 2.05) is 16.5 Å². The normalized spacial score (nSPS) is 19.8. The van der Waals surface area contributed by atoms with Gasteiger partial charge in [-0.15, -0.1) is 0 Å². The van der Waals surface area contributed by atoms with E-state index in [-0.39, 0.29) is 17.4 Å². The molecule has 6 nitrogen and oxygen atoms in total. The van der Waals surface area contributed by atoms with Gasteiger partial charge in [-0.3, -0.25) is 9.48 Å². The van der Waals surface area contributed by atoms with Crippen LogP contribution >= 0.6 is 0 Å². The molecule has 1 atom stereocenters. The van der Waals surface area contributed by atoms with Crippen molar-refractivity contribution >= 4 is 5.91 Å². The summed E-state index contributed by atoms with van der Waals surface area (Å²) in [5.74, 6) is 0.221. The lowest BCUT2D eigenvalue weighted by Gasteiger charge is -2.37. The Balaban J connectivity index is 2.18. The average molecular weight is 351 g/mol. The van der Waals surface area contributed by atoms with Crippen LogP contribution in [0.5, 0.6) is 0 Å². The van der Waals surface area contributed by atoms with E-state index < -0.39 is 0 Å². The summed E-state index contributed by atoms with van der Waals surface area (Å²) in [5, 5.41) is 4.58. The molecular formula is C19H33N3O3. The Morgan fingerprint density at radius 3 is 2.72 bits per heavy atom. The second-order valence-corrected chi connectivity index (χ2v) is 7.52. The first-order chi connectivity index (χ1) is 11.8. The Kier molecular flexibility index (Phi) is 6.63. The topological polar surface area (TPSA) is 56.6 Å². The number of nitrogens with zero attached hydrogens (tertiary/aromatic N) is 3. The molecule has 1 aliphatic rings. The minimum atomic E-state index is -0.232. The van der Waals surface area contributed by atoms with Crippen molar-refractivity contribution in [3.8, 4) is 0 Å². The van der Waals surface area contributed by atoms with E-state index in [2.05, 4.69) is 32.8 Å². The summed E-state index contributed by atoms with van der Waals surface area (Å²) in [5.41, 5.74) is 3.06. The van der Waals surface area contributed by atoms with Crippen molar-refractivity contribution in [3.63, 3.8) is 0 Å². The first-order valence-electron chi connectivity index (χ1n) is 9.23. The molecule has 1 aromatic rings.